The molecule has 0 unspecified atom stereocenters. The molecule has 0 aliphatic heterocycles. The minimum absolute atomic E-state index is 0.123. The molecule has 23 heavy (non-hydrogen) atoms. The Hall–Kier alpha value is -2.16. The molecular weight excluding hydrogens is 291 g/mol. The first kappa shape index (κ1) is 15.7. The van der Waals surface area contributed by atoms with Crippen molar-refractivity contribution >= 4 is 6.29 Å². The highest BCUT2D eigenvalue weighted by Crippen LogP contribution is 2.40. The topological polar surface area (TPSA) is 26.3 Å². The van der Waals surface area contributed by atoms with E-state index in [0.29, 0.717) is 24.2 Å². The van der Waals surface area contributed by atoms with E-state index >= 15 is 0 Å². The van der Waals surface area contributed by atoms with Crippen molar-refractivity contribution < 1.29 is 13.9 Å². The highest BCUT2D eigenvalue weighted by atomic mass is 19.1. The van der Waals surface area contributed by atoms with Crippen LogP contribution in [0.3, 0.4) is 0 Å². The summed E-state index contributed by atoms with van der Waals surface area (Å²) in [5, 5.41) is 0. The van der Waals surface area contributed by atoms with E-state index in [2.05, 4.69) is 0 Å². The van der Waals surface area contributed by atoms with Gasteiger partial charge in [-0.25, -0.2) is 4.39 Å². The van der Waals surface area contributed by atoms with Crippen molar-refractivity contribution in [3.05, 3.63) is 65.0 Å². The summed E-state index contributed by atoms with van der Waals surface area (Å²) in [6, 6.07) is 13.1. The summed E-state index contributed by atoms with van der Waals surface area (Å²) in [6.45, 7) is 0.403. The molecule has 2 nitrogen and oxygen atoms in total. The quantitative estimate of drug-likeness (QED) is 0.703. The number of aldehydes is 1. The molecule has 1 aliphatic rings. The average molecular weight is 312 g/mol. The number of carbonyl (C=O) groups is 1. The van der Waals surface area contributed by atoms with E-state index in [9.17, 15) is 9.18 Å². The van der Waals surface area contributed by atoms with Crippen molar-refractivity contribution in [3.63, 3.8) is 0 Å². The van der Waals surface area contributed by atoms with Gasteiger partial charge in [-0.15, -0.1) is 0 Å². The summed E-state index contributed by atoms with van der Waals surface area (Å²) in [5.74, 6) is 0.315. The van der Waals surface area contributed by atoms with Crippen LogP contribution < -0.4 is 4.74 Å². The van der Waals surface area contributed by atoms with E-state index in [4.69, 9.17) is 4.74 Å². The predicted octanol–water partition coefficient (Wildman–Crippen LogP) is 5.26. The Balaban J connectivity index is 1.88. The summed E-state index contributed by atoms with van der Waals surface area (Å²) < 4.78 is 20.6. The first-order chi connectivity index (χ1) is 11.3. The first-order valence-electron chi connectivity index (χ1n) is 8.24. The van der Waals surface area contributed by atoms with E-state index in [1.807, 2.05) is 30.3 Å². The van der Waals surface area contributed by atoms with Crippen LogP contribution in [0, 0.1) is 5.82 Å². The van der Waals surface area contributed by atoms with Crippen molar-refractivity contribution in [2.45, 2.75) is 44.6 Å². The van der Waals surface area contributed by atoms with E-state index in [1.165, 1.54) is 12.5 Å². The van der Waals surface area contributed by atoms with Crippen molar-refractivity contribution in [2.75, 3.05) is 0 Å². The number of hydrogen-bond donors (Lipinski definition) is 0. The predicted molar refractivity (Wildman–Crippen MR) is 88.4 cm³/mol. The molecule has 0 spiro atoms. The number of hydrogen-bond acceptors (Lipinski definition) is 2. The van der Waals surface area contributed by atoms with Gasteiger partial charge in [-0.1, -0.05) is 49.6 Å². The van der Waals surface area contributed by atoms with Gasteiger partial charge in [0.25, 0.3) is 0 Å². The monoisotopic (exact) mass is 312 g/mol. The minimum atomic E-state index is -0.405. The maximum absolute atomic E-state index is 14.7. The van der Waals surface area contributed by atoms with Crippen LogP contribution in [-0.2, 0) is 6.61 Å². The molecule has 0 N–H and O–H groups in total. The SMILES string of the molecule is O=Cc1ccc(OCc2ccccc2)c(C2CCCCC2)c1F. The van der Waals surface area contributed by atoms with E-state index in [0.717, 1.165) is 31.2 Å². The molecule has 0 amide bonds. The van der Waals surface area contributed by atoms with Gasteiger partial charge >= 0.3 is 0 Å². The average Bonchev–Trinajstić information content (AvgIpc) is 2.61. The van der Waals surface area contributed by atoms with Crippen LogP contribution in [0.2, 0.25) is 0 Å². The highest BCUT2D eigenvalue weighted by molar-refractivity contribution is 5.76. The highest BCUT2D eigenvalue weighted by Gasteiger charge is 2.24. The Morgan fingerprint density at radius 3 is 2.48 bits per heavy atom. The molecule has 3 rings (SSSR count). The summed E-state index contributed by atoms with van der Waals surface area (Å²) in [5.41, 5.74) is 1.75. The largest absolute Gasteiger partial charge is 0.489 e. The van der Waals surface area contributed by atoms with Crippen molar-refractivity contribution in [1.82, 2.24) is 0 Å². The van der Waals surface area contributed by atoms with Gasteiger partial charge in [0, 0.05) is 5.56 Å². The van der Waals surface area contributed by atoms with E-state index in [1.54, 1.807) is 6.07 Å². The zero-order valence-corrected chi connectivity index (χ0v) is 13.1. The van der Waals surface area contributed by atoms with Crippen LogP contribution in [0.25, 0.3) is 0 Å². The number of halogens is 1. The van der Waals surface area contributed by atoms with Crippen LogP contribution in [0.1, 0.15) is 59.5 Å². The van der Waals surface area contributed by atoms with Crippen LogP contribution in [0.15, 0.2) is 42.5 Å². The third kappa shape index (κ3) is 3.61. The lowest BCUT2D eigenvalue weighted by atomic mass is 9.83. The molecule has 0 aromatic heterocycles. The Labute approximate surface area is 136 Å². The lowest BCUT2D eigenvalue weighted by Gasteiger charge is -2.25. The third-order valence-corrected chi connectivity index (χ3v) is 4.55. The molecule has 2 aromatic rings. The first-order valence-corrected chi connectivity index (χ1v) is 8.24. The zero-order chi connectivity index (χ0) is 16.1. The van der Waals surface area contributed by atoms with Crippen molar-refractivity contribution in [3.8, 4) is 5.75 Å². The molecule has 0 atom stereocenters. The van der Waals surface area contributed by atoms with Crippen molar-refractivity contribution in [1.29, 1.82) is 0 Å². The normalized spacial score (nSPS) is 15.3. The minimum Gasteiger partial charge on any atom is -0.489 e. The summed E-state index contributed by atoms with van der Waals surface area (Å²) in [7, 11) is 0. The van der Waals surface area contributed by atoms with E-state index < -0.39 is 5.82 Å². The fraction of sp³-hybridized carbons (Fsp3) is 0.350. The number of benzene rings is 2. The van der Waals surface area contributed by atoms with Gasteiger partial charge in [0.15, 0.2) is 6.29 Å². The molecule has 1 saturated carbocycles. The Morgan fingerprint density at radius 2 is 1.78 bits per heavy atom. The maximum Gasteiger partial charge on any atom is 0.153 e. The molecule has 1 fully saturated rings. The number of rotatable bonds is 5. The van der Waals surface area contributed by atoms with Gasteiger partial charge in [0.05, 0.1) is 5.56 Å². The molecule has 0 radical (unpaired) electrons. The van der Waals surface area contributed by atoms with Crippen LogP contribution >= 0.6 is 0 Å². The molecule has 0 saturated heterocycles. The molecule has 1 aliphatic carbocycles. The Kier molecular flexibility index (Phi) is 5.06. The molecule has 0 heterocycles. The summed E-state index contributed by atoms with van der Waals surface area (Å²) in [6.07, 6.45) is 5.91. The smallest absolute Gasteiger partial charge is 0.153 e. The van der Waals surface area contributed by atoms with Gasteiger partial charge in [-0.2, -0.15) is 0 Å². The fourth-order valence-electron chi connectivity index (χ4n) is 3.32. The number of ether oxygens (including phenoxy) is 1. The standard InChI is InChI=1S/C20H21FO2/c21-20-17(13-22)11-12-18(19(20)16-9-5-2-6-10-16)23-14-15-7-3-1-4-8-15/h1,3-4,7-8,11-13,16H,2,5-6,9-10,14H2. The summed E-state index contributed by atoms with van der Waals surface area (Å²) in [4.78, 5) is 11.1. The van der Waals surface area contributed by atoms with Gasteiger partial charge in [0.2, 0.25) is 0 Å². The lowest BCUT2D eigenvalue weighted by Crippen LogP contribution is -2.11. The van der Waals surface area contributed by atoms with Crippen LogP contribution in [-0.4, -0.2) is 6.29 Å². The zero-order valence-electron chi connectivity index (χ0n) is 13.1. The second-order valence-corrected chi connectivity index (χ2v) is 6.11. The van der Waals surface area contributed by atoms with Gasteiger partial charge in [0.1, 0.15) is 18.2 Å². The maximum atomic E-state index is 14.7. The lowest BCUT2D eigenvalue weighted by molar-refractivity contribution is 0.111. The van der Waals surface area contributed by atoms with Gasteiger partial charge < -0.3 is 4.74 Å². The van der Waals surface area contributed by atoms with E-state index in [-0.39, 0.29) is 11.5 Å². The Morgan fingerprint density at radius 1 is 1.04 bits per heavy atom. The van der Waals surface area contributed by atoms with Crippen LogP contribution in [0.5, 0.6) is 5.75 Å². The van der Waals surface area contributed by atoms with Crippen LogP contribution in [0.4, 0.5) is 4.39 Å². The van der Waals surface area contributed by atoms with Crippen molar-refractivity contribution in [2.24, 2.45) is 0 Å². The second kappa shape index (κ2) is 7.40. The molecule has 3 heteroatoms. The molecular formula is C20H21FO2. The van der Waals surface area contributed by atoms with Gasteiger partial charge in [-0.3, -0.25) is 4.79 Å². The molecule has 0 bridgehead atoms. The second-order valence-electron chi connectivity index (χ2n) is 6.11. The molecule has 120 valence electrons. The fourth-order valence-corrected chi connectivity index (χ4v) is 3.32. The third-order valence-electron chi connectivity index (χ3n) is 4.55. The van der Waals surface area contributed by atoms with Gasteiger partial charge in [-0.05, 0) is 36.5 Å². The number of carbonyl (C=O) groups excluding carboxylic acids is 1. The summed E-state index contributed by atoms with van der Waals surface area (Å²) >= 11 is 0. The Bertz CT molecular complexity index is 661. The molecule has 2 aromatic carbocycles.